The average Bonchev–Trinajstić information content (AvgIpc) is 3.27. The molecule has 1 amide bonds. The summed E-state index contributed by atoms with van der Waals surface area (Å²) < 4.78 is 15.8. The van der Waals surface area contributed by atoms with Gasteiger partial charge in [-0.3, -0.25) is 4.79 Å². The van der Waals surface area contributed by atoms with Gasteiger partial charge in [-0.15, -0.1) is 11.3 Å². The molecule has 0 spiro atoms. The van der Waals surface area contributed by atoms with Crippen molar-refractivity contribution in [3.05, 3.63) is 101 Å². The Morgan fingerprint density at radius 3 is 2.70 bits per heavy atom. The highest BCUT2D eigenvalue weighted by Gasteiger charge is 2.29. The van der Waals surface area contributed by atoms with Crippen LogP contribution in [0.1, 0.15) is 22.7 Å². The van der Waals surface area contributed by atoms with Crippen LogP contribution in [-0.2, 0) is 11.2 Å². The van der Waals surface area contributed by atoms with Crippen LogP contribution in [0.4, 0.5) is 10.1 Å². The number of benzene rings is 3. The number of hydrogen-bond acceptors (Lipinski definition) is 4. The molecule has 2 heterocycles. The van der Waals surface area contributed by atoms with Gasteiger partial charge in [0.1, 0.15) is 5.82 Å². The third-order valence-corrected chi connectivity index (χ3v) is 7.30. The van der Waals surface area contributed by atoms with Crippen molar-refractivity contribution in [1.82, 2.24) is 10.6 Å². The first-order chi connectivity index (χ1) is 16.1. The number of fused-ring (bicyclic) bond motifs is 2. The predicted molar refractivity (Wildman–Crippen MR) is 133 cm³/mol. The maximum atomic E-state index is 14.6. The maximum absolute atomic E-state index is 14.6. The van der Waals surface area contributed by atoms with Gasteiger partial charge in [0.05, 0.1) is 18.5 Å². The summed E-state index contributed by atoms with van der Waals surface area (Å²) in [6, 6.07) is 22.9. The van der Waals surface area contributed by atoms with Gasteiger partial charge in [0.15, 0.2) is 0 Å². The number of carbonyl (C=O) groups excluding carboxylic acids is 1. The van der Waals surface area contributed by atoms with Gasteiger partial charge in [0, 0.05) is 36.1 Å². The number of nitrogens with zero attached hydrogens (tertiary/aromatic N) is 1. The van der Waals surface area contributed by atoms with Crippen LogP contribution >= 0.6 is 11.3 Å². The van der Waals surface area contributed by atoms with Crippen LogP contribution in [0.5, 0.6) is 0 Å². The first-order valence-electron chi connectivity index (χ1n) is 11.1. The van der Waals surface area contributed by atoms with Gasteiger partial charge in [-0.25, -0.2) is 4.39 Å². The third kappa shape index (κ3) is 4.36. The molecule has 2 atom stereocenters. The Labute approximate surface area is 197 Å². The van der Waals surface area contributed by atoms with Gasteiger partial charge >= 0.3 is 0 Å². The number of rotatable bonds is 5. The minimum absolute atomic E-state index is 0.00489. The van der Waals surface area contributed by atoms with Crippen LogP contribution in [-0.4, -0.2) is 32.1 Å². The summed E-state index contributed by atoms with van der Waals surface area (Å²) in [5.74, 6) is -0.216. The predicted octanol–water partition coefficient (Wildman–Crippen LogP) is 4.90. The highest BCUT2D eigenvalue weighted by atomic mass is 32.1. The molecule has 5 rings (SSSR count). The lowest BCUT2D eigenvalue weighted by Crippen LogP contribution is -2.47. The number of para-hydroxylation sites is 1. The zero-order valence-electron chi connectivity index (χ0n) is 18.4. The average molecular weight is 460 g/mol. The van der Waals surface area contributed by atoms with Crippen LogP contribution in [0.15, 0.2) is 78.2 Å². The van der Waals surface area contributed by atoms with E-state index in [-0.39, 0.29) is 23.8 Å². The first-order valence-corrected chi connectivity index (χ1v) is 12.0. The second-order valence-electron chi connectivity index (χ2n) is 8.42. The van der Waals surface area contributed by atoms with E-state index in [2.05, 4.69) is 39.1 Å². The molecule has 0 bridgehead atoms. The molecule has 4 aromatic rings. The van der Waals surface area contributed by atoms with E-state index in [4.69, 9.17) is 0 Å². The molecule has 4 nitrogen and oxygen atoms in total. The smallest absolute Gasteiger partial charge is 0.224 e. The third-order valence-electron chi connectivity index (χ3n) is 6.42. The standard InChI is InChI=1S/C27H26FN3OS/c1-31-19(16-29-26(32)15-18-7-6-12-25-20(18)13-14-33-25)17-30-27(21-8-2-4-10-23(21)28)22-9-3-5-11-24(22)31/h2-14,19,27,30H,15-17H2,1H3,(H,29,32). The van der Waals surface area contributed by atoms with Crippen molar-refractivity contribution in [2.24, 2.45) is 0 Å². The van der Waals surface area contributed by atoms with E-state index in [0.717, 1.165) is 22.2 Å². The van der Waals surface area contributed by atoms with E-state index >= 15 is 0 Å². The number of amides is 1. The van der Waals surface area contributed by atoms with E-state index in [9.17, 15) is 9.18 Å². The summed E-state index contributed by atoms with van der Waals surface area (Å²) in [4.78, 5) is 15.0. The Morgan fingerprint density at radius 1 is 1.06 bits per heavy atom. The molecule has 0 radical (unpaired) electrons. The summed E-state index contributed by atoms with van der Waals surface area (Å²) in [7, 11) is 2.03. The van der Waals surface area contributed by atoms with Gasteiger partial charge in [-0.05, 0) is 46.2 Å². The number of likely N-dealkylation sites (N-methyl/N-ethyl adjacent to an activating group) is 1. The number of nitrogens with one attached hydrogen (secondary N) is 2. The summed E-state index contributed by atoms with van der Waals surface area (Å²) in [5.41, 5.74) is 3.75. The summed E-state index contributed by atoms with van der Waals surface area (Å²) >= 11 is 1.69. The molecule has 0 saturated carbocycles. The topological polar surface area (TPSA) is 44.4 Å². The Balaban J connectivity index is 1.32. The van der Waals surface area contributed by atoms with Gasteiger partial charge in [0.2, 0.25) is 5.91 Å². The lowest BCUT2D eigenvalue weighted by atomic mass is 9.97. The van der Waals surface area contributed by atoms with Crippen molar-refractivity contribution in [2.45, 2.75) is 18.5 Å². The maximum Gasteiger partial charge on any atom is 0.224 e. The number of carbonyl (C=O) groups is 1. The lowest BCUT2D eigenvalue weighted by Gasteiger charge is -2.29. The zero-order chi connectivity index (χ0) is 22.8. The largest absolute Gasteiger partial charge is 0.368 e. The molecule has 3 aromatic carbocycles. The number of anilines is 1. The Morgan fingerprint density at radius 2 is 1.85 bits per heavy atom. The van der Waals surface area contributed by atoms with Crippen LogP contribution in [0, 0.1) is 5.82 Å². The monoisotopic (exact) mass is 459 g/mol. The summed E-state index contributed by atoms with van der Waals surface area (Å²) in [5, 5.41) is 9.86. The molecule has 1 aromatic heterocycles. The second kappa shape index (κ2) is 9.33. The van der Waals surface area contributed by atoms with Crippen molar-refractivity contribution in [1.29, 1.82) is 0 Å². The quantitative estimate of drug-likeness (QED) is 0.446. The molecular weight excluding hydrogens is 433 g/mol. The Kier molecular flexibility index (Phi) is 6.11. The number of halogens is 1. The second-order valence-corrected chi connectivity index (χ2v) is 9.36. The number of thiophene rings is 1. The van der Waals surface area contributed by atoms with Crippen molar-refractivity contribution in [3.63, 3.8) is 0 Å². The highest BCUT2D eigenvalue weighted by molar-refractivity contribution is 7.17. The Hall–Kier alpha value is -3.22. The molecule has 1 aliphatic rings. The SMILES string of the molecule is CN1c2ccccc2C(c2ccccc2F)NCC1CNC(=O)Cc1cccc2sccc12. The number of hydrogen-bond donors (Lipinski definition) is 2. The highest BCUT2D eigenvalue weighted by Crippen LogP contribution is 2.34. The van der Waals surface area contributed by atoms with E-state index < -0.39 is 0 Å². The molecule has 2 N–H and O–H groups in total. The Bertz CT molecular complexity index is 1290. The van der Waals surface area contributed by atoms with Crippen LogP contribution < -0.4 is 15.5 Å². The molecule has 33 heavy (non-hydrogen) atoms. The minimum atomic E-state index is -0.248. The fourth-order valence-corrected chi connectivity index (χ4v) is 5.46. The van der Waals surface area contributed by atoms with Crippen LogP contribution in [0.3, 0.4) is 0 Å². The van der Waals surface area contributed by atoms with Crippen molar-refractivity contribution in [3.8, 4) is 0 Å². The molecule has 1 aliphatic heterocycles. The molecule has 0 saturated heterocycles. The summed E-state index contributed by atoms with van der Waals surface area (Å²) in [6.45, 7) is 1.12. The zero-order valence-corrected chi connectivity index (χ0v) is 19.2. The molecule has 2 unspecified atom stereocenters. The van der Waals surface area contributed by atoms with Crippen molar-refractivity contribution in [2.75, 3.05) is 25.0 Å². The van der Waals surface area contributed by atoms with Gasteiger partial charge in [-0.2, -0.15) is 0 Å². The normalized spacial score (nSPS) is 18.1. The molecular formula is C27H26FN3OS. The molecule has 0 aliphatic carbocycles. The molecule has 6 heteroatoms. The first kappa shape index (κ1) is 21.6. The van der Waals surface area contributed by atoms with E-state index in [1.807, 2.05) is 49.5 Å². The molecule has 0 fully saturated rings. The van der Waals surface area contributed by atoms with Gasteiger partial charge in [0.25, 0.3) is 0 Å². The van der Waals surface area contributed by atoms with Crippen molar-refractivity contribution >= 4 is 33.0 Å². The van der Waals surface area contributed by atoms with Crippen LogP contribution in [0.25, 0.3) is 10.1 Å². The lowest BCUT2D eigenvalue weighted by molar-refractivity contribution is -0.120. The van der Waals surface area contributed by atoms with Crippen LogP contribution in [0.2, 0.25) is 0 Å². The van der Waals surface area contributed by atoms with Gasteiger partial charge in [-0.1, -0.05) is 48.5 Å². The van der Waals surface area contributed by atoms with E-state index in [0.29, 0.717) is 25.1 Å². The van der Waals surface area contributed by atoms with E-state index in [1.165, 1.54) is 10.8 Å². The molecule has 168 valence electrons. The van der Waals surface area contributed by atoms with Crippen molar-refractivity contribution < 1.29 is 9.18 Å². The van der Waals surface area contributed by atoms with Gasteiger partial charge < -0.3 is 15.5 Å². The fourth-order valence-electron chi connectivity index (χ4n) is 4.62. The fraction of sp³-hybridized carbons (Fsp3) is 0.222. The minimum Gasteiger partial charge on any atom is -0.368 e. The van der Waals surface area contributed by atoms with E-state index in [1.54, 1.807) is 17.4 Å². The summed E-state index contributed by atoms with van der Waals surface area (Å²) in [6.07, 6.45) is 0.354.